The van der Waals surface area contributed by atoms with Gasteiger partial charge in [-0.3, -0.25) is 4.79 Å². The van der Waals surface area contributed by atoms with E-state index >= 15 is 0 Å². The Morgan fingerprint density at radius 3 is 2.56 bits per heavy atom. The minimum absolute atomic E-state index is 0.00570. The Kier molecular flexibility index (Phi) is 5.76. The summed E-state index contributed by atoms with van der Waals surface area (Å²) in [5, 5.41) is 2.61. The molecule has 8 heteroatoms. The zero-order valence-electron chi connectivity index (χ0n) is 14.9. The van der Waals surface area contributed by atoms with Gasteiger partial charge >= 0.3 is 0 Å². The molecule has 1 amide bonds. The van der Waals surface area contributed by atoms with Crippen molar-refractivity contribution in [3.05, 3.63) is 59.4 Å². The highest BCUT2D eigenvalue weighted by Crippen LogP contribution is 2.29. The molecule has 1 aliphatic rings. The Bertz CT molecular complexity index is 940. The second-order valence-corrected chi connectivity index (χ2v) is 8.16. The number of nitrogens with zero attached hydrogens (tertiary/aromatic N) is 1. The fourth-order valence-corrected chi connectivity index (χ4v) is 4.71. The SMILES string of the molecule is COc1ccc(C(=O)NCc2ccccc2F)cc1S(=O)(=O)N1CCCC1. The summed E-state index contributed by atoms with van der Waals surface area (Å²) in [5.41, 5.74) is 0.522. The van der Waals surface area contributed by atoms with Crippen LogP contribution in [-0.4, -0.2) is 38.8 Å². The summed E-state index contributed by atoms with van der Waals surface area (Å²) < 4.78 is 46.0. The van der Waals surface area contributed by atoms with Crippen molar-refractivity contribution >= 4 is 15.9 Å². The second-order valence-electron chi connectivity index (χ2n) is 6.25. The standard InChI is InChI=1S/C19H21FN2O4S/c1-26-17-9-8-14(12-18(17)27(24,25)22-10-4-5-11-22)19(23)21-13-15-6-2-3-7-16(15)20/h2-3,6-9,12H,4-5,10-11,13H2,1H3,(H,21,23). The van der Waals surface area contributed by atoms with E-state index in [1.54, 1.807) is 18.2 Å². The second kappa shape index (κ2) is 8.06. The molecule has 1 saturated heterocycles. The summed E-state index contributed by atoms with van der Waals surface area (Å²) in [6.45, 7) is 0.913. The fourth-order valence-electron chi connectivity index (χ4n) is 3.01. The van der Waals surface area contributed by atoms with E-state index in [1.165, 1.54) is 35.7 Å². The summed E-state index contributed by atoms with van der Waals surface area (Å²) >= 11 is 0. The quantitative estimate of drug-likeness (QED) is 0.820. The Balaban J connectivity index is 1.84. The van der Waals surface area contributed by atoms with Crippen LogP contribution in [0.1, 0.15) is 28.8 Å². The number of ether oxygens (including phenoxy) is 1. The highest BCUT2D eigenvalue weighted by atomic mass is 32.2. The number of carbonyl (C=O) groups excluding carboxylic acids is 1. The van der Waals surface area contributed by atoms with Crippen molar-refractivity contribution in [3.63, 3.8) is 0 Å². The van der Waals surface area contributed by atoms with Crippen LogP contribution < -0.4 is 10.1 Å². The third-order valence-electron chi connectivity index (χ3n) is 4.51. The molecule has 2 aromatic rings. The molecule has 0 radical (unpaired) electrons. The van der Waals surface area contributed by atoms with Crippen molar-refractivity contribution in [1.82, 2.24) is 9.62 Å². The van der Waals surface area contributed by atoms with Gasteiger partial charge in [0.15, 0.2) is 0 Å². The molecule has 0 unspecified atom stereocenters. The van der Waals surface area contributed by atoms with Crippen LogP contribution in [0.2, 0.25) is 0 Å². The van der Waals surface area contributed by atoms with E-state index in [1.807, 2.05) is 0 Å². The third-order valence-corrected chi connectivity index (χ3v) is 6.43. The Labute approximate surface area is 158 Å². The summed E-state index contributed by atoms with van der Waals surface area (Å²) in [7, 11) is -2.36. The van der Waals surface area contributed by atoms with Crippen molar-refractivity contribution < 1.29 is 22.3 Å². The maximum Gasteiger partial charge on any atom is 0.251 e. The first-order valence-electron chi connectivity index (χ1n) is 8.63. The molecule has 3 rings (SSSR count). The summed E-state index contributed by atoms with van der Waals surface area (Å²) in [5.74, 6) is -0.712. The van der Waals surface area contributed by atoms with Crippen molar-refractivity contribution in [3.8, 4) is 5.75 Å². The lowest BCUT2D eigenvalue weighted by Gasteiger charge is -2.18. The molecule has 0 aliphatic carbocycles. The molecule has 0 saturated carbocycles. The fraction of sp³-hybridized carbons (Fsp3) is 0.316. The molecule has 0 atom stereocenters. The van der Waals surface area contributed by atoms with E-state index in [2.05, 4.69) is 5.32 Å². The topological polar surface area (TPSA) is 75.7 Å². The predicted molar refractivity (Wildman–Crippen MR) is 98.6 cm³/mol. The number of hydrogen-bond acceptors (Lipinski definition) is 4. The first-order chi connectivity index (χ1) is 12.9. The van der Waals surface area contributed by atoms with Crippen molar-refractivity contribution in [2.45, 2.75) is 24.3 Å². The first kappa shape index (κ1) is 19.3. The lowest BCUT2D eigenvalue weighted by Crippen LogP contribution is -2.29. The van der Waals surface area contributed by atoms with Gasteiger partial charge in [0.25, 0.3) is 5.91 Å². The van der Waals surface area contributed by atoms with Crippen LogP contribution in [0.25, 0.3) is 0 Å². The van der Waals surface area contributed by atoms with E-state index in [9.17, 15) is 17.6 Å². The van der Waals surface area contributed by atoms with Gasteiger partial charge in [-0.25, -0.2) is 12.8 Å². The van der Waals surface area contributed by atoms with Gasteiger partial charge in [0, 0.05) is 30.8 Å². The third kappa shape index (κ3) is 4.12. The van der Waals surface area contributed by atoms with Gasteiger partial charge in [-0.2, -0.15) is 4.31 Å². The van der Waals surface area contributed by atoms with Crippen molar-refractivity contribution in [1.29, 1.82) is 0 Å². The van der Waals surface area contributed by atoms with E-state index < -0.39 is 21.7 Å². The largest absolute Gasteiger partial charge is 0.495 e. The summed E-state index contributed by atoms with van der Waals surface area (Å²) in [6.07, 6.45) is 1.62. The van der Waals surface area contributed by atoms with Crippen LogP contribution in [0.3, 0.4) is 0 Å². The summed E-state index contributed by atoms with van der Waals surface area (Å²) in [4.78, 5) is 12.4. The monoisotopic (exact) mass is 392 g/mol. The predicted octanol–water partition coefficient (Wildman–Crippen LogP) is 2.55. The van der Waals surface area contributed by atoms with Crippen LogP contribution in [0.15, 0.2) is 47.4 Å². The van der Waals surface area contributed by atoms with Gasteiger partial charge in [0.05, 0.1) is 7.11 Å². The van der Waals surface area contributed by atoms with Gasteiger partial charge in [-0.15, -0.1) is 0 Å². The number of amides is 1. The highest BCUT2D eigenvalue weighted by Gasteiger charge is 2.30. The normalized spacial score (nSPS) is 14.9. The number of halogens is 1. The molecule has 0 spiro atoms. The van der Waals surface area contributed by atoms with Crippen LogP contribution in [-0.2, 0) is 16.6 Å². The lowest BCUT2D eigenvalue weighted by molar-refractivity contribution is 0.0950. The van der Waals surface area contributed by atoms with Gasteiger partial charge < -0.3 is 10.1 Å². The number of nitrogens with one attached hydrogen (secondary N) is 1. The Hall–Kier alpha value is -2.45. The molecule has 6 nitrogen and oxygen atoms in total. The summed E-state index contributed by atoms with van der Waals surface area (Å²) in [6, 6.07) is 10.4. The van der Waals surface area contributed by atoms with Gasteiger partial charge in [0.1, 0.15) is 16.5 Å². The first-order valence-corrected chi connectivity index (χ1v) is 10.1. The number of rotatable bonds is 6. The molecule has 0 aromatic heterocycles. The zero-order chi connectivity index (χ0) is 19.4. The maximum atomic E-state index is 13.7. The van der Waals surface area contributed by atoms with E-state index in [0.717, 1.165) is 12.8 Å². The minimum Gasteiger partial charge on any atom is -0.495 e. The smallest absolute Gasteiger partial charge is 0.251 e. The highest BCUT2D eigenvalue weighted by molar-refractivity contribution is 7.89. The van der Waals surface area contributed by atoms with E-state index in [4.69, 9.17) is 4.74 Å². The molecular weight excluding hydrogens is 371 g/mol. The molecule has 144 valence electrons. The Morgan fingerprint density at radius 1 is 1.19 bits per heavy atom. The molecule has 27 heavy (non-hydrogen) atoms. The molecule has 0 bridgehead atoms. The molecule has 1 heterocycles. The number of carbonyl (C=O) groups is 1. The van der Waals surface area contributed by atoms with Gasteiger partial charge in [0.2, 0.25) is 10.0 Å². The number of methoxy groups -OCH3 is 1. The van der Waals surface area contributed by atoms with Gasteiger partial charge in [-0.05, 0) is 37.1 Å². The lowest BCUT2D eigenvalue weighted by atomic mass is 10.2. The maximum absolute atomic E-state index is 13.7. The molecule has 1 N–H and O–H groups in total. The zero-order valence-corrected chi connectivity index (χ0v) is 15.8. The van der Waals surface area contributed by atoms with Crippen LogP contribution >= 0.6 is 0 Å². The van der Waals surface area contributed by atoms with Gasteiger partial charge in [-0.1, -0.05) is 18.2 Å². The molecule has 1 aliphatic heterocycles. The van der Waals surface area contributed by atoms with E-state index in [-0.39, 0.29) is 22.8 Å². The van der Waals surface area contributed by atoms with Crippen molar-refractivity contribution in [2.24, 2.45) is 0 Å². The number of hydrogen-bond donors (Lipinski definition) is 1. The number of benzene rings is 2. The van der Waals surface area contributed by atoms with Crippen LogP contribution in [0.4, 0.5) is 4.39 Å². The minimum atomic E-state index is -3.74. The molecule has 1 fully saturated rings. The van der Waals surface area contributed by atoms with Crippen molar-refractivity contribution in [2.75, 3.05) is 20.2 Å². The number of sulfonamides is 1. The molecule has 2 aromatic carbocycles. The average molecular weight is 392 g/mol. The van der Waals surface area contributed by atoms with Crippen LogP contribution in [0, 0.1) is 5.82 Å². The molecular formula is C19H21FN2O4S. The Morgan fingerprint density at radius 2 is 1.89 bits per heavy atom. The average Bonchev–Trinajstić information content (AvgIpc) is 3.22. The van der Waals surface area contributed by atoms with E-state index in [0.29, 0.717) is 18.7 Å². The van der Waals surface area contributed by atoms with Crippen LogP contribution in [0.5, 0.6) is 5.75 Å².